The van der Waals surface area contributed by atoms with E-state index in [2.05, 4.69) is 0 Å². The van der Waals surface area contributed by atoms with E-state index in [1.165, 1.54) is 0 Å². The minimum Gasteiger partial charge on any atom is -0.394 e. The fourth-order valence-corrected chi connectivity index (χ4v) is 0.739. The standard InChI is InChI=1S/C9H11O2/c10-6-7-11-8-9-4-2-1-3-5-9/h1-5,8,10H,6-7H2. The molecule has 0 unspecified atom stereocenters. The van der Waals surface area contributed by atoms with Crippen molar-refractivity contribution in [3.05, 3.63) is 42.5 Å². The van der Waals surface area contributed by atoms with E-state index in [1.807, 2.05) is 30.3 Å². The van der Waals surface area contributed by atoms with Gasteiger partial charge in [-0.25, -0.2) is 0 Å². The Morgan fingerprint density at radius 3 is 2.64 bits per heavy atom. The molecule has 11 heavy (non-hydrogen) atoms. The second-order valence-electron chi connectivity index (χ2n) is 2.12. The second kappa shape index (κ2) is 4.88. The minimum atomic E-state index is 0.0589. The van der Waals surface area contributed by atoms with Crippen molar-refractivity contribution in [2.45, 2.75) is 0 Å². The van der Waals surface area contributed by atoms with Crippen LogP contribution >= 0.6 is 0 Å². The number of ether oxygens (including phenoxy) is 1. The summed E-state index contributed by atoms with van der Waals surface area (Å²) >= 11 is 0. The number of hydrogen-bond acceptors (Lipinski definition) is 2. The lowest BCUT2D eigenvalue weighted by atomic mass is 10.2. The molecule has 0 aromatic heterocycles. The molecule has 2 heteroatoms. The summed E-state index contributed by atoms with van der Waals surface area (Å²) in [5.74, 6) is 0. The molecule has 1 N–H and O–H groups in total. The molecule has 0 atom stereocenters. The molecule has 0 aliphatic heterocycles. The first-order chi connectivity index (χ1) is 5.43. The van der Waals surface area contributed by atoms with Crippen molar-refractivity contribution in [1.82, 2.24) is 0 Å². The lowest BCUT2D eigenvalue weighted by Crippen LogP contribution is -1.96. The Balaban J connectivity index is 2.28. The highest BCUT2D eigenvalue weighted by Gasteiger charge is 1.90. The maximum Gasteiger partial charge on any atom is 0.113 e. The van der Waals surface area contributed by atoms with Crippen LogP contribution < -0.4 is 0 Å². The van der Waals surface area contributed by atoms with Crippen LogP contribution in [0.1, 0.15) is 5.56 Å². The van der Waals surface area contributed by atoms with Gasteiger partial charge in [-0.2, -0.15) is 0 Å². The molecule has 1 radical (unpaired) electrons. The van der Waals surface area contributed by atoms with Crippen molar-refractivity contribution in [2.24, 2.45) is 0 Å². The average Bonchev–Trinajstić information content (AvgIpc) is 2.07. The lowest BCUT2D eigenvalue weighted by Gasteiger charge is -1.99. The van der Waals surface area contributed by atoms with Gasteiger partial charge in [0.2, 0.25) is 0 Å². The summed E-state index contributed by atoms with van der Waals surface area (Å²) < 4.78 is 4.99. The molecule has 1 rings (SSSR count). The monoisotopic (exact) mass is 151 g/mol. The van der Waals surface area contributed by atoms with E-state index < -0.39 is 0 Å². The summed E-state index contributed by atoms with van der Waals surface area (Å²) in [6.07, 6.45) is 0. The average molecular weight is 151 g/mol. The summed E-state index contributed by atoms with van der Waals surface area (Å²) in [6.45, 7) is 2.05. The summed E-state index contributed by atoms with van der Waals surface area (Å²) in [5, 5.41) is 8.40. The van der Waals surface area contributed by atoms with Crippen LogP contribution in [0.5, 0.6) is 0 Å². The van der Waals surface area contributed by atoms with Crippen LogP contribution in [0.2, 0.25) is 0 Å². The first kappa shape index (κ1) is 8.24. The van der Waals surface area contributed by atoms with E-state index >= 15 is 0 Å². The molecule has 0 aliphatic carbocycles. The Bertz CT molecular complexity index is 184. The first-order valence-electron chi connectivity index (χ1n) is 3.54. The molecule has 1 aromatic rings. The zero-order chi connectivity index (χ0) is 7.94. The SMILES string of the molecule is OCCO[CH]c1ccccc1. The predicted octanol–water partition coefficient (Wildman–Crippen LogP) is 1.21. The van der Waals surface area contributed by atoms with Crippen LogP contribution in [-0.4, -0.2) is 18.3 Å². The van der Waals surface area contributed by atoms with Gasteiger partial charge in [-0.1, -0.05) is 30.3 Å². The zero-order valence-electron chi connectivity index (χ0n) is 6.23. The molecule has 1 aromatic carbocycles. The van der Waals surface area contributed by atoms with Crippen molar-refractivity contribution in [3.63, 3.8) is 0 Å². The molecule has 0 saturated heterocycles. The summed E-state index contributed by atoms with van der Waals surface area (Å²) in [7, 11) is 0. The molecule has 2 nitrogen and oxygen atoms in total. The van der Waals surface area contributed by atoms with Crippen LogP contribution in [-0.2, 0) is 4.74 Å². The van der Waals surface area contributed by atoms with Crippen LogP contribution in [0.25, 0.3) is 0 Å². The Morgan fingerprint density at radius 1 is 1.27 bits per heavy atom. The smallest absolute Gasteiger partial charge is 0.113 e. The topological polar surface area (TPSA) is 29.5 Å². The first-order valence-corrected chi connectivity index (χ1v) is 3.54. The van der Waals surface area contributed by atoms with Gasteiger partial charge in [0.15, 0.2) is 0 Å². The maximum atomic E-state index is 8.40. The lowest BCUT2D eigenvalue weighted by molar-refractivity contribution is 0.145. The molecule has 0 spiro atoms. The van der Waals surface area contributed by atoms with Gasteiger partial charge in [0.1, 0.15) is 6.61 Å². The minimum absolute atomic E-state index is 0.0589. The Morgan fingerprint density at radius 2 is 2.00 bits per heavy atom. The van der Waals surface area contributed by atoms with E-state index in [9.17, 15) is 0 Å². The van der Waals surface area contributed by atoms with Gasteiger partial charge in [0.25, 0.3) is 0 Å². The molecule has 0 saturated carbocycles. The normalized spacial score (nSPS) is 9.91. The highest BCUT2D eigenvalue weighted by molar-refractivity contribution is 5.19. The van der Waals surface area contributed by atoms with E-state index in [-0.39, 0.29) is 6.61 Å². The van der Waals surface area contributed by atoms with Crippen molar-refractivity contribution >= 4 is 0 Å². The maximum absolute atomic E-state index is 8.40. The zero-order valence-corrected chi connectivity index (χ0v) is 6.23. The molecule has 0 heterocycles. The Labute approximate surface area is 66.4 Å². The quantitative estimate of drug-likeness (QED) is 0.655. The molecule has 0 bridgehead atoms. The van der Waals surface area contributed by atoms with E-state index in [0.29, 0.717) is 6.61 Å². The van der Waals surface area contributed by atoms with E-state index in [1.54, 1.807) is 6.61 Å². The fourth-order valence-electron chi connectivity index (χ4n) is 0.739. The third kappa shape index (κ3) is 3.16. The number of aliphatic hydroxyl groups is 1. The van der Waals surface area contributed by atoms with Crippen molar-refractivity contribution in [2.75, 3.05) is 13.2 Å². The summed E-state index contributed by atoms with van der Waals surface area (Å²) in [5.41, 5.74) is 1.01. The molecular formula is C9H11O2. The van der Waals surface area contributed by atoms with Gasteiger partial charge in [-0.3, -0.25) is 0 Å². The van der Waals surface area contributed by atoms with Gasteiger partial charge in [-0.15, -0.1) is 0 Å². The Hall–Kier alpha value is -0.860. The predicted molar refractivity (Wildman–Crippen MR) is 42.9 cm³/mol. The molecule has 59 valence electrons. The molecule has 0 aliphatic rings. The third-order valence-corrected chi connectivity index (χ3v) is 1.23. The van der Waals surface area contributed by atoms with Crippen LogP contribution in [0.15, 0.2) is 30.3 Å². The van der Waals surface area contributed by atoms with Crippen LogP contribution in [0, 0.1) is 6.61 Å². The van der Waals surface area contributed by atoms with Gasteiger partial charge in [0, 0.05) is 0 Å². The number of hydrogen-bond donors (Lipinski definition) is 1. The fraction of sp³-hybridized carbons (Fsp3) is 0.222. The number of aliphatic hydroxyl groups excluding tert-OH is 1. The van der Waals surface area contributed by atoms with Crippen molar-refractivity contribution in [1.29, 1.82) is 0 Å². The summed E-state index contributed by atoms with van der Waals surface area (Å²) in [4.78, 5) is 0. The molecular weight excluding hydrogens is 140 g/mol. The second-order valence-corrected chi connectivity index (χ2v) is 2.12. The largest absolute Gasteiger partial charge is 0.394 e. The third-order valence-electron chi connectivity index (χ3n) is 1.23. The number of rotatable bonds is 4. The van der Waals surface area contributed by atoms with Gasteiger partial charge in [-0.05, 0) is 5.56 Å². The van der Waals surface area contributed by atoms with Crippen molar-refractivity contribution < 1.29 is 9.84 Å². The van der Waals surface area contributed by atoms with Gasteiger partial charge >= 0.3 is 0 Å². The highest BCUT2D eigenvalue weighted by Crippen LogP contribution is 2.01. The molecule has 0 fully saturated rings. The van der Waals surface area contributed by atoms with Crippen molar-refractivity contribution in [3.8, 4) is 0 Å². The number of benzene rings is 1. The van der Waals surface area contributed by atoms with Crippen LogP contribution in [0.3, 0.4) is 0 Å². The van der Waals surface area contributed by atoms with Gasteiger partial charge in [0.05, 0.1) is 13.2 Å². The van der Waals surface area contributed by atoms with E-state index in [0.717, 1.165) is 5.56 Å². The summed E-state index contributed by atoms with van der Waals surface area (Å²) in [6, 6.07) is 9.71. The molecule has 0 amide bonds. The van der Waals surface area contributed by atoms with E-state index in [4.69, 9.17) is 9.84 Å². The van der Waals surface area contributed by atoms with Crippen LogP contribution in [0.4, 0.5) is 0 Å². The van der Waals surface area contributed by atoms with Gasteiger partial charge < -0.3 is 9.84 Å². The highest BCUT2D eigenvalue weighted by atomic mass is 16.5. The Kier molecular flexibility index (Phi) is 3.65.